The summed E-state index contributed by atoms with van der Waals surface area (Å²) in [4.78, 5) is 4.37. The van der Waals surface area contributed by atoms with Gasteiger partial charge in [0, 0.05) is 12.0 Å². The molecule has 2 aromatic heterocycles. The average molecular weight is 430 g/mol. The van der Waals surface area contributed by atoms with Gasteiger partial charge in [-0.1, -0.05) is 59.7 Å². The van der Waals surface area contributed by atoms with Crippen molar-refractivity contribution in [2.75, 3.05) is 0 Å². The summed E-state index contributed by atoms with van der Waals surface area (Å²) in [5, 5.41) is 13.4. The molecule has 4 rings (SSSR count). The quantitative estimate of drug-likeness (QED) is 0.375. The van der Waals surface area contributed by atoms with Crippen molar-refractivity contribution in [3.05, 3.63) is 71.1 Å². The predicted molar refractivity (Wildman–Crippen MR) is 110 cm³/mol. The second-order valence-electron chi connectivity index (χ2n) is 6.24. The SMILES string of the molecule is CCc1noc(C(C)Sc2nnc(-c3ccccc3Cl)n2-c2ccccc2F)n1. The molecule has 0 saturated carbocycles. The number of hydrogen-bond donors (Lipinski definition) is 0. The van der Waals surface area contributed by atoms with Gasteiger partial charge in [0.05, 0.1) is 16.0 Å². The highest BCUT2D eigenvalue weighted by molar-refractivity contribution is 7.99. The highest BCUT2D eigenvalue weighted by atomic mass is 35.5. The molecule has 29 heavy (non-hydrogen) atoms. The van der Waals surface area contributed by atoms with Gasteiger partial charge in [0.2, 0.25) is 5.89 Å². The summed E-state index contributed by atoms with van der Waals surface area (Å²) in [7, 11) is 0. The number of nitrogens with zero attached hydrogens (tertiary/aromatic N) is 5. The Balaban J connectivity index is 1.80. The molecule has 0 aliphatic heterocycles. The third-order valence-corrected chi connectivity index (χ3v) is 5.63. The van der Waals surface area contributed by atoms with E-state index in [1.165, 1.54) is 17.8 Å². The summed E-state index contributed by atoms with van der Waals surface area (Å²) in [6, 6.07) is 13.7. The Morgan fingerprint density at radius 2 is 1.90 bits per heavy atom. The standard InChI is InChI=1S/C20H17ClFN5OS/c1-3-17-23-19(28-26-17)12(2)29-20-25-24-18(13-8-4-5-9-14(13)21)27(20)16-11-7-6-10-15(16)22/h4-12H,3H2,1-2H3. The molecule has 1 atom stereocenters. The van der Waals surface area contributed by atoms with Crippen LogP contribution >= 0.6 is 23.4 Å². The lowest BCUT2D eigenvalue weighted by atomic mass is 10.2. The van der Waals surface area contributed by atoms with Crippen molar-refractivity contribution < 1.29 is 8.91 Å². The summed E-state index contributed by atoms with van der Waals surface area (Å²) < 4.78 is 21.7. The van der Waals surface area contributed by atoms with Crippen LogP contribution in [0, 0.1) is 5.82 Å². The van der Waals surface area contributed by atoms with E-state index in [-0.39, 0.29) is 11.1 Å². The Bertz CT molecular complexity index is 1150. The normalized spacial score (nSPS) is 12.3. The number of hydrogen-bond acceptors (Lipinski definition) is 6. The van der Waals surface area contributed by atoms with Crippen molar-refractivity contribution in [3.63, 3.8) is 0 Å². The molecule has 0 amide bonds. The maximum Gasteiger partial charge on any atom is 0.239 e. The monoisotopic (exact) mass is 429 g/mol. The minimum Gasteiger partial charge on any atom is -0.338 e. The number of para-hydroxylation sites is 1. The Hall–Kier alpha value is -2.71. The molecule has 148 valence electrons. The van der Waals surface area contributed by atoms with Gasteiger partial charge in [-0.05, 0) is 31.2 Å². The predicted octanol–water partition coefficient (Wildman–Crippen LogP) is 5.53. The molecule has 1 unspecified atom stereocenters. The van der Waals surface area contributed by atoms with Gasteiger partial charge in [-0.15, -0.1) is 10.2 Å². The third-order valence-electron chi connectivity index (χ3n) is 4.27. The van der Waals surface area contributed by atoms with Crippen LogP contribution in [0.3, 0.4) is 0 Å². The molecule has 0 fully saturated rings. The van der Waals surface area contributed by atoms with Gasteiger partial charge in [0.25, 0.3) is 0 Å². The van der Waals surface area contributed by atoms with Gasteiger partial charge in [0.1, 0.15) is 5.82 Å². The first-order valence-corrected chi connectivity index (χ1v) is 10.3. The lowest BCUT2D eigenvalue weighted by Gasteiger charge is -2.13. The van der Waals surface area contributed by atoms with Gasteiger partial charge < -0.3 is 4.52 Å². The third kappa shape index (κ3) is 3.90. The van der Waals surface area contributed by atoms with Gasteiger partial charge in [-0.25, -0.2) is 4.39 Å². The summed E-state index contributed by atoms with van der Waals surface area (Å²) in [6.07, 6.45) is 0.683. The molecule has 9 heteroatoms. The van der Waals surface area contributed by atoms with Crippen molar-refractivity contribution in [1.82, 2.24) is 24.9 Å². The smallest absolute Gasteiger partial charge is 0.239 e. The molecule has 0 bridgehead atoms. The molecule has 0 radical (unpaired) electrons. The van der Waals surface area contributed by atoms with Gasteiger partial charge in [0.15, 0.2) is 16.8 Å². The minimum absolute atomic E-state index is 0.198. The molecule has 0 aliphatic rings. The number of benzene rings is 2. The molecule has 0 spiro atoms. The van der Waals surface area contributed by atoms with E-state index in [4.69, 9.17) is 16.1 Å². The maximum atomic E-state index is 14.7. The molecule has 2 aromatic carbocycles. The number of halogens is 2. The summed E-state index contributed by atoms with van der Waals surface area (Å²) in [5.74, 6) is 1.19. The van der Waals surface area contributed by atoms with E-state index in [0.29, 0.717) is 45.4 Å². The Morgan fingerprint density at radius 3 is 2.62 bits per heavy atom. The molecule has 0 N–H and O–H groups in total. The zero-order valence-corrected chi connectivity index (χ0v) is 17.3. The fourth-order valence-corrected chi connectivity index (χ4v) is 3.91. The lowest BCUT2D eigenvalue weighted by molar-refractivity contribution is 0.375. The lowest BCUT2D eigenvalue weighted by Crippen LogP contribution is -2.03. The second-order valence-corrected chi connectivity index (χ2v) is 7.95. The van der Waals surface area contributed by atoms with E-state index in [9.17, 15) is 4.39 Å². The second kappa shape index (κ2) is 8.34. The van der Waals surface area contributed by atoms with Crippen LogP contribution in [-0.4, -0.2) is 24.9 Å². The fourth-order valence-electron chi connectivity index (χ4n) is 2.80. The van der Waals surface area contributed by atoms with Gasteiger partial charge in [-0.2, -0.15) is 4.98 Å². The summed E-state index contributed by atoms with van der Waals surface area (Å²) >= 11 is 7.73. The first-order valence-electron chi connectivity index (χ1n) is 9.02. The molecule has 0 aliphatic carbocycles. The van der Waals surface area contributed by atoms with Crippen LogP contribution in [0.2, 0.25) is 5.02 Å². The Kier molecular flexibility index (Phi) is 5.64. The molecular weight excluding hydrogens is 413 g/mol. The Morgan fingerprint density at radius 1 is 1.14 bits per heavy atom. The first-order chi connectivity index (χ1) is 14.1. The molecular formula is C20H17ClFN5OS. The van der Waals surface area contributed by atoms with Crippen LogP contribution in [0.4, 0.5) is 4.39 Å². The highest BCUT2D eigenvalue weighted by Crippen LogP contribution is 2.38. The zero-order chi connectivity index (χ0) is 20.4. The largest absolute Gasteiger partial charge is 0.338 e. The van der Waals surface area contributed by atoms with Crippen molar-refractivity contribution >= 4 is 23.4 Å². The Labute approximate surface area is 176 Å². The number of aromatic nitrogens is 5. The zero-order valence-electron chi connectivity index (χ0n) is 15.7. The van der Waals surface area contributed by atoms with E-state index >= 15 is 0 Å². The number of thioether (sulfide) groups is 1. The topological polar surface area (TPSA) is 69.6 Å². The van der Waals surface area contributed by atoms with Crippen molar-refractivity contribution in [2.45, 2.75) is 30.7 Å². The van der Waals surface area contributed by atoms with Crippen molar-refractivity contribution in [2.24, 2.45) is 0 Å². The fraction of sp³-hybridized carbons (Fsp3) is 0.200. The minimum atomic E-state index is -0.388. The average Bonchev–Trinajstić information content (AvgIpc) is 3.36. The van der Waals surface area contributed by atoms with Crippen LogP contribution < -0.4 is 0 Å². The number of rotatable bonds is 6. The van der Waals surface area contributed by atoms with Crippen LogP contribution in [0.15, 0.2) is 58.2 Å². The molecule has 0 saturated heterocycles. The molecule has 6 nitrogen and oxygen atoms in total. The van der Waals surface area contributed by atoms with Crippen LogP contribution in [0.25, 0.3) is 17.1 Å². The van der Waals surface area contributed by atoms with Crippen molar-refractivity contribution in [3.8, 4) is 17.1 Å². The number of aryl methyl sites for hydroxylation is 1. The van der Waals surface area contributed by atoms with E-state index in [2.05, 4.69) is 20.3 Å². The van der Waals surface area contributed by atoms with Crippen LogP contribution in [0.1, 0.15) is 30.8 Å². The summed E-state index contributed by atoms with van der Waals surface area (Å²) in [6.45, 7) is 3.88. The van der Waals surface area contributed by atoms with E-state index in [0.717, 1.165) is 0 Å². The van der Waals surface area contributed by atoms with Crippen molar-refractivity contribution in [1.29, 1.82) is 0 Å². The summed E-state index contributed by atoms with van der Waals surface area (Å²) in [5.41, 5.74) is 0.998. The molecule has 2 heterocycles. The van der Waals surface area contributed by atoms with E-state index in [1.54, 1.807) is 28.8 Å². The first kappa shape index (κ1) is 19.6. The highest BCUT2D eigenvalue weighted by Gasteiger charge is 2.24. The van der Waals surface area contributed by atoms with E-state index in [1.807, 2.05) is 32.0 Å². The van der Waals surface area contributed by atoms with Crippen LogP contribution in [0.5, 0.6) is 0 Å². The molecule has 4 aromatic rings. The van der Waals surface area contributed by atoms with Gasteiger partial charge >= 0.3 is 0 Å². The maximum absolute atomic E-state index is 14.7. The van der Waals surface area contributed by atoms with Crippen LogP contribution in [-0.2, 0) is 6.42 Å². The van der Waals surface area contributed by atoms with Gasteiger partial charge in [-0.3, -0.25) is 4.57 Å². The van der Waals surface area contributed by atoms with E-state index < -0.39 is 0 Å².